The third-order valence-electron chi connectivity index (χ3n) is 3.65. The maximum absolute atomic E-state index is 12.7. The van der Waals surface area contributed by atoms with Crippen LogP contribution in [-0.2, 0) is 0 Å². The Bertz CT molecular complexity index is 875. The summed E-state index contributed by atoms with van der Waals surface area (Å²) in [5.41, 5.74) is 3.34. The van der Waals surface area contributed by atoms with Crippen LogP contribution in [-0.4, -0.2) is 24.8 Å². The molecule has 2 aromatic carbocycles. The van der Waals surface area contributed by atoms with Crippen molar-refractivity contribution in [3.05, 3.63) is 71.2 Å². The SMILES string of the molecule is Cc1ccc2sc(C(=O)/C=C/N(C)C)c(-c3ccccc3)c2c1. The summed E-state index contributed by atoms with van der Waals surface area (Å²) in [6.07, 6.45) is 3.44. The van der Waals surface area contributed by atoms with Crippen molar-refractivity contribution in [2.75, 3.05) is 14.1 Å². The number of hydrogen-bond donors (Lipinski definition) is 0. The van der Waals surface area contributed by atoms with Crippen molar-refractivity contribution in [2.24, 2.45) is 0 Å². The predicted octanol–water partition coefficient (Wildman–Crippen LogP) is 5.13. The number of benzene rings is 2. The van der Waals surface area contributed by atoms with Crippen molar-refractivity contribution >= 4 is 27.2 Å². The van der Waals surface area contributed by atoms with E-state index in [0.717, 1.165) is 26.1 Å². The quantitative estimate of drug-likeness (QED) is 0.490. The second-order valence-corrected chi connectivity index (χ2v) is 6.87. The van der Waals surface area contributed by atoms with Crippen molar-refractivity contribution in [3.63, 3.8) is 0 Å². The Kier molecular flexibility index (Phi) is 4.30. The van der Waals surface area contributed by atoms with E-state index in [1.807, 2.05) is 37.2 Å². The fourth-order valence-corrected chi connectivity index (χ4v) is 3.69. The number of hydrogen-bond acceptors (Lipinski definition) is 3. The van der Waals surface area contributed by atoms with Gasteiger partial charge in [0.05, 0.1) is 4.88 Å². The molecule has 3 rings (SSSR count). The molecule has 23 heavy (non-hydrogen) atoms. The van der Waals surface area contributed by atoms with Gasteiger partial charge in [-0.2, -0.15) is 0 Å². The standard InChI is InChI=1S/C20H19NOS/c1-14-9-10-18-16(13-14)19(15-7-5-4-6-8-15)20(23-18)17(22)11-12-21(2)3/h4-13H,1-3H3/b12-11+. The number of ketones is 1. The molecule has 0 aliphatic carbocycles. The minimum Gasteiger partial charge on any atom is -0.383 e. The van der Waals surface area contributed by atoms with Crippen LogP contribution in [0.15, 0.2) is 60.8 Å². The molecule has 116 valence electrons. The minimum atomic E-state index is 0.0522. The first-order chi connectivity index (χ1) is 11.1. The van der Waals surface area contributed by atoms with Crippen molar-refractivity contribution in [3.8, 4) is 11.1 Å². The summed E-state index contributed by atoms with van der Waals surface area (Å²) in [6.45, 7) is 2.08. The van der Waals surface area contributed by atoms with Crippen LogP contribution in [0.2, 0.25) is 0 Å². The second kappa shape index (κ2) is 6.39. The van der Waals surface area contributed by atoms with Crippen LogP contribution in [0.1, 0.15) is 15.2 Å². The molecule has 0 fully saturated rings. The Morgan fingerprint density at radius 2 is 1.83 bits per heavy atom. The number of carbonyl (C=O) groups is 1. The van der Waals surface area contributed by atoms with Crippen molar-refractivity contribution in [1.29, 1.82) is 0 Å². The molecule has 0 N–H and O–H groups in total. The zero-order valence-electron chi connectivity index (χ0n) is 13.5. The lowest BCUT2D eigenvalue weighted by Crippen LogP contribution is -2.02. The van der Waals surface area contributed by atoms with Gasteiger partial charge in [0, 0.05) is 42.0 Å². The molecule has 1 aromatic heterocycles. The lowest BCUT2D eigenvalue weighted by atomic mass is 9.99. The highest BCUT2D eigenvalue weighted by molar-refractivity contribution is 7.21. The van der Waals surface area contributed by atoms with Crippen LogP contribution in [0, 0.1) is 6.92 Å². The Morgan fingerprint density at radius 1 is 1.09 bits per heavy atom. The molecule has 0 saturated carbocycles. The Labute approximate surface area is 140 Å². The van der Waals surface area contributed by atoms with E-state index in [4.69, 9.17) is 0 Å². The van der Waals surface area contributed by atoms with E-state index in [1.54, 1.807) is 23.6 Å². The fraction of sp³-hybridized carbons (Fsp3) is 0.150. The van der Waals surface area contributed by atoms with Gasteiger partial charge in [0.15, 0.2) is 5.78 Å². The summed E-state index contributed by atoms with van der Waals surface area (Å²) in [4.78, 5) is 15.4. The third kappa shape index (κ3) is 3.20. The first-order valence-electron chi connectivity index (χ1n) is 7.54. The number of carbonyl (C=O) groups excluding carboxylic acids is 1. The lowest BCUT2D eigenvalue weighted by molar-refractivity contribution is 0.105. The van der Waals surface area contributed by atoms with Gasteiger partial charge in [0.2, 0.25) is 0 Å². The normalized spacial score (nSPS) is 11.3. The molecule has 3 heteroatoms. The van der Waals surface area contributed by atoms with E-state index in [1.165, 1.54) is 5.56 Å². The molecule has 3 aromatic rings. The van der Waals surface area contributed by atoms with Gasteiger partial charge < -0.3 is 4.90 Å². The fourth-order valence-electron chi connectivity index (χ4n) is 2.57. The topological polar surface area (TPSA) is 20.3 Å². The molecule has 0 aliphatic heterocycles. The van der Waals surface area contributed by atoms with E-state index in [0.29, 0.717) is 0 Å². The van der Waals surface area contributed by atoms with Crippen molar-refractivity contribution in [2.45, 2.75) is 6.92 Å². The van der Waals surface area contributed by atoms with Crippen LogP contribution < -0.4 is 0 Å². The Hall–Kier alpha value is -2.39. The molecule has 0 amide bonds. The zero-order chi connectivity index (χ0) is 16.4. The molecule has 0 radical (unpaired) electrons. The molecule has 1 heterocycles. The van der Waals surface area contributed by atoms with Crippen molar-refractivity contribution in [1.82, 2.24) is 4.90 Å². The molecular formula is C20H19NOS. The summed E-state index contributed by atoms with van der Waals surface area (Å²) in [7, 11) is 3.83. The Morgan fingerprint density at radius 3 is 2.52 bits per heavy atom. The summed E-state index contributed by atoms with van der Waals surface area (Å²) in [6, 6.07) is 16.5. The molecule has 0 aliphatic rings. The first kappa shape index (κ1) is 15.5. The molecular weight excluding hydrogens is 302 g/mol. The molecule has 0 unspecified atom stereocenters. The highest BCUT2D eigenvalue weighted by Crippen LogP contribution is 2.39. The van der Waals surface area contributed by atoms with Crippen LogP contribution in [0.4, 0.5) is 0 Å². The number of nitrogens with zero attached hydrogens (tertiary/aromatic N) is 1. The van der Waals surface area contributed by atoms with E-state index >= 15 is 0 Å². The Balaban J connectivity index is 2.23. The number of thiophene rings is 1. The number of aryl methyl sites for hydroxylation is 1. The van der Waals surface area contributed by atoms with Crippen LogP contribution >= 0.6 is 11.3 Å². The summed E-state index contributed by atoms with van der Waals surface area (Å²) >= 11 is 1.57. The average Bonchev–Trinajstić information content (AvgIpc) is 2.92. The lowest BCUT2D eigenvalue weighted by Gasteiger charge is -2.05. The van der Waals surface area contributed by atoms with Gasteiger partial charge in [0.25, 0.3) is 0 Å². The number of allylic oxidation sites excluding steroid dienone is 1. The van der Waals surface area contributed by atoms with Gasteiger partial charge in [-0.15, -0.1) is 11.3 Å². The zero-order valence-corrected chi connectivity index (χ0v) is 14.4. The minimum absolute atomic E-state index is 0.0522. The van der Waals surface area contributed by atoms with E-state index in [9.17, 15) is 4.79 Å². The molecule has 0 saturated heterocycles. The van der Waals surface area contributed by atoms with E-state index in [2.05, 4.69) is 37.3 Å². The van der Waals surface area contributed by atoms with Gasteiger partial charge >= 0.3 is 0 Å². The van der Waals surface area contributed by atoms with Gasteiger partial charge in [-0.25, -0.2) is 0 Å². The molecule has 2 nitrogen and oxygen atoms in total. The van der Waals surface area contributed by atoms with Gasteiger partial charge in [-0.1, -0.05) is 42.0 Å². The molecule has 0 atom stereocenters. The van der Waals surface area contributed by atoms with Crippen molar-refractivity contribution < 1.29 is 4.79 Å². The predicted molar refractivity (Wildman–Crippen MR) is 99.2 cm³/mol. The number of fused-ring (bicyclic) bond motifs is 1. The average molecular weight is 321 g/mol. The van der Waals surface area contributed by atoms with Gasteiger partial charge in [0.1, 0.15) is 0 Å². The highest BCUT2D eigenvalue weighted by Gasteiger charge is 2.18. The van der Waals surface area contributed by atoms with Crippen LogP contribution in [0.5, 0.6) is 0 Å². The third-order valence-corrected chi connectivity index (χ3v) is 4.84. The molecule has 0 bridgehead atoms. The maximum atomic E-state index is 12.7. The summed E-state index contributed by atoms with van der Waals surface area (Å²) in [5, 5.41) is 1.16. The van der Waals surface area contributed by atoms with Gasteiger partial charge in [-0.3, -0.25) is 4.79 Å². The van der Waals surface area contributed by atoms with E-state index < -0.39 is 0 Å². The first-order valence-corrected chi connectivity index (χ1v) is 8.35. The maximum Gasteiger partial charge on any atom is 0.197 e. The largest absolute Gasteiger partial charge is 0.383 e. The van der Waals surface area contributed by atoms with Crippen LogP contribution in [0.3, 0.4) is 0 Å². The van der Waals surface area contributed by atoms with E-state index in [-0.39, 0.29) is 5.78 Å². The molecule has 0 spiro atoms. The van der Waals surface area contributed by atoms with Crippen LogP contribution in [0.25, 0.3) is 21.2 Å². The summed E-state index contributed by atoms with van der Waals surface area (Å²) in [5.74, 6) is 0.0522. The smallest absolute Gasteiger partial charge is 0.197 e. The second-order valence-electron chi connectivity index (χ2n) is 5.82. The summed E-state index contributed by atoms with van der Waals surface area (Å²) < 4.78 is 1.15. The monoisotopic (exact) mass is 321 g/mol. The number of rotatable bonds is 4. The van der Waals surface area contributed by atoms with Gasteiger partial charge in [-0.05, 0) is 24.6 Å². The highest BCUT2D eigenvalue weighted by atomic mass is 32.1.